The highest BCUT2D eigenvalue weighted by molar-refractivity contribution is 7.99. The van der Waals surface area contributed by atoms with E-state index in [9.17, 15) is 9.59 Å². The number of allylic oxidation sites excluding steroid dienone is 2. The maximum Gasteiger partial charge on any atom is 0.332 e. The first-order chi connectivity index (χ1) is 16.2. The molecule has 0 aliphatic carbocycles. The second-order valence-electron chi connectivity index (χ2n) is 7.20. The molecule has 4 nitrogen and oxygen atoms in total. The predicted octanol–water partition coefficient (Wildman–Crippen LogP) is 6.27. The Hall–Kier alpha value is -2.87. The fraction of sp³-hybridized carbons (Fsp3) is 0.154. The van der Waals surface area contributed by atoms with E-state index >= 15 is 0 Å². The number of thiophene rings is 2. The summed E-state index contributed by atoms with van der Waals surface area (Å²) >= 11 is 4.75. The molecule has 0 unspecified atom stereocenters. The van der Waals surface area contributed by atoms with Gasteiger partial charge in [0, 0.05) is 33.3 Å². The lowest BCUT2D eigenvalue weighted by atomic mass is 10.2. The van der Waals surface area contributed by atoms with Crippen LogP contribution < -0.4 is 11.2 Å². The van der Waals surface area contributed by atoms with Crippen molar-refractivity contribution in [3.05, 3.63) is 114 Å². The number of hydrogen-bond acceptors (Lipinski definition) is 5. The van der Waals surface area contributed by atoms with Crippen molar-refractivity contribution < 1.29 is 0 Å². The van der Waals surface area contributed by atoms with E-state index in [1.807, 2.05) is 96.6 Å². The zero-order chi connectivity index (χ0) is 23.0. The van der Waals surface area contributed by atoms with Gasteiger partial charge < -0.3 is 0 Å². The van der Waals surface area contributed by atoms with Gasteiger partial charge in [-0.05, 0) is 53.6 Å². The lowest BCUT2D eigenvalue weighted by Gasteiger charge is -2.17. The highest BCUT2D eigenvalue weighted by Gasteiger charge is 2.18. The minimum absolute atomic E-state index is 0.213. The maximum absolute atomic E-state index is 13.5. The first-order valence-electron chi connectivity index (χ1n) is 10.7. The molecule has 1 aromatic carbocycles. The summed E-state index contributed by atoms with van der Waals surface area (Å²) in [5, 5.41) is 4.74. The molecular weight excluding hydrogens is 468 g/mol. The average Bonchev–Trinajstić information content (AvgIpc) is 3.53. The first kappa shape index (κ1) is 23.3. The number of nitrogens with zero attached hydrogens (tertiary/aromatic N) is 2. The molecule has 0 radical (unpaired) electrons. The van der Waals surface area contributed by atoms with Crippen LogP contribution in [0.25, 0.3) is 12.2 Å². The smallest absolute Gasteiger partial charge is 0.283 e. The molecule has 3 heterocycles. The Morgan fingerprint density at radius 2 is 1.42 bits per heavy atom. The van der Waals surface area contributed by atoms with Crippen molar-refractivity contribution in [3.8, 4) is 0 Å². The van der Waals surface area contributed by atoms with Crippen LogP contribution in [0.5, 0.6) is 0 Å². The van der Waals surface area contributed by atoms with E-state index in [0.717, 1.165) is 14.6 Å². The van der Waals surface area contributed by atoms with Gasteiger partial charge in [-0.25, -0.2) is 4.79 Å². The van der Waals surface area contributed by atoms with E-state index in [2.05, 4.69) is 0 Å². The molecule has 3 aromatic heterocycles. The van der Waals surface area contributed by atoms with Gasteiger partial charge in [-0.15, -0.1) is 22.7 Å². The predicted molar refractivity (Wildman–Crippen MR) is 142 cm³/mol. The second kappa shape index (κ2) is 11.3. The second-order valence-corrected chi connectivity index (χ2v) is 10.2. The lowest BCUT2D eigenvalue weighted by Crippen LogP contribution is -2.42. The highest BCUT2D eigenvalue weighted by Crippen LogP contribution is 2.28. The number of hydrogen-bond donors (Lipinski definition) is 0. The van der Waals surface area contributed by atoms with E-state index < -0.39 is 0 Å². The standard InChI is InChI=1S/C26H24N2O2S3/c1-2-23-24(29)27(16-6-12-20-14-8-18-31-20)26(30)28(17-7-13-21-15-9-19-32-21)25(23)33-22-10-4-3-5-11-22/h3-15,18-19H,2,16-17H2,1H3/b12-6+,13-7+. The summed E-state index contributed by atoms with van der Waals surface area (Å²) in [5.41, 5.74) is 0.162. The van der Waals surface area contributed by atoms with Crippen LogP contribution in [-0.4, -0.2) is 9.13 Å². The number of rotatable bonds is 9. The van der Waals surface area contributed by atoms with Crippen molar-refractivity contribution >= 4 is 46.6 Å². The largest absolute Gasteiger partial charge is 0.332 e. The van der Waals surface area contributed by atoms with Gasteiger partial charge in [0.15, 0.2) is 0 Å². The van der Waals surface area contributed by atoms with Crippen molar-refractivity contribution in [3.63, 3.8) is 0 Å². The molecule has 0 spiro atoms. The Bertz CT molecular complexity index is 1350. The fourth-order valence-electron chi connectivity index (χ4n) is 3.40. The Morgan fingerprint density at radius 1 is 0.818 bits per heavy atom. The van der Waals surface area contributed by atoms with Crippen molar-refractivity contribution in [1.29, 1.82) is 0 Å². The molecule has 33 heavy (non-hydrogen) atoms. The van der Waals surface area contributed by atoms with Gasteiger partial charge in [0.1, 0.15) is 0 Å². The molecule has 7 heteroatoms. The Balaban J connectivity index is 1.76. The third-order valence-corrected chi connectivity index (χ3v) is 7.85. The minimum atomic E-state index is -0.290. The summed E-state index contributed by atoms with van der Waals surface area (Å²) in [7, 11) is 0. The molecule has 0 atom stereocenters. The van der Waals surface area contributed by atoms with E-state index in [4.69, 9.17) is 0 Å². The van der Waals surface area contributed by atoms with E-state index in [1.165, 1.54) is 16.3 Å². The van der Waals surface area contributed by atoms with Gasteiger partial charge in [0.2, 0.25) is 0 Å². The summed E-state index contributed by atoms with van der Waals surface area (Å²) in [6.07, 6.45) is 8.39. The van der Waals surface area contributed by atoms with Crippen LogP contribution in [0.15, 0.2) is 97.0 Å². The summed E-state index contributed by atoms with van der Waals surface area (Å²) < 4.78 is 3.07. The Kier molecular flexibility index (Phi) is 7.99. The van der Waals surface area contributed by atoms with Gasteiger partial charge in [-0.2, -0.15) is 0 Å². The third kappa shape index (κ3) is 5.74. The highest BCUT2D eigenvalue weighted by atomic mass is 32.2. The van der Waals surface area contributed by atoms with Gasteiger partial charge in [-0.1, -0.05) is 61.2 Å². The summed E-state index contributed by atoms with van der Waals surface area (Å²) in [6, 6.07) is 17.9. The topological polar surface area (TPSA) is 44.0 Å². The first-order valence-corrected chi connectivity index (χ1v) is 13.2. The maximum atomic E-state index is 13.5. The summed E-state index contributed by atoms with van der Waals surface area (Å²) in [5.74, 6) is 0. The van der Waals surface area contributed by atoms with Crippen molar-refractivity contribution in [2.75, 3.05) is 0 Å². The zero-order valence-corrected chi connectivity index (χ0v) is 20.7. The van der Waals surface area contributed by atoms with Gasteiger partial charge >= 0.3 is 5.69 Å². The Labute approximate surface area is 205 Å². The molecule has 0 saturated carbocycles. The van der Waals surface area contributed by atoms with Crippen LogP contribution in [0.4, 0.5) is 0 Å². The molecule has 0 bridgehead atoms. The van der Waals surface area contributed by atoms with E-state index in [1.54, 1.807) is 27.2 Å². The molecule has 168 valence electrons. The number of benzene rings is 1. The molecule has 0 saturated heterocycles. The molecule has 0 N–H and O–H groups in total. The van der Waals surface area contributed by atoms with Gasteiger partial charge in [0.25, 0.3) is 5.56 Å². The van der Waals surface area contributed by atoms with Crippen LogP contribution in [0.1, 0.15) is 22.2 Å². The molecule has 0 aliphatic heterocycles. The molecule has 0 fully saturated rings. The molecule has 4 rings (SSSR count). The van der Waals surface area contributed by atoms with Gasteiger partial charge in [0.05, 0.1) is 5.03 Å². The quantitative estimate of drug-likeness (QED) is 0.259. The minimum Gasteiger partial charge on any atom is -0.283 e. The lowest BCUT2D eigenvalue weighted by molar-refractivity contribution is 0.568. The normalized spacial score (nSPS) is 11.7. The molecule has 4 aromatic rings. The molecular formula is C26H24N2O2S3. The van der Waals surface area contributed by atoms with Crippen molar-refractivity contribution in [2.45, 2.75) is 36.4 Å². The van der Waals surface area contributed by atoms with Crippen LogP contribution in [0.2, 0.25) is 0 Å². The summed E-state index contributed by atoms with van der Waals surface area (Å²) in [6.45, 7) is 2.61. The zero-order valence-electron chi connectivity index (χ0n) is 18.2. The summed E-state index contributed by atoms with van der Waals surface area (Å²) in [4.78, 5) is 30.0. The Morgan fingerprint density at radius 3 is 1.97 bits per heavy atom. The van der Waals surface area contributed by atoms with Crippen LogP contribution in [-0.2, 0) is 19.5 Å². The molecule has 0 amide bonds. The molecule has 0 aliphatic rings. The number of aromatic nitrogens is 2. The SMILES string of the molecule is CCc1c(Sc2ccccc2)n(C/C=C/c2cccs2)c(=O)n(C/C=C/c2cccs2)c1=O. The van der Waals surface area contributed by atoms with Crippen molar-refractivity contribution in [1.82, 2.24) is 9.13 Å². The monoisotopic (exact) mass is 492 g/mol. The van der Waals surface area contributed by atoms with Crippen LogP contribution in [0, 0.1) is 0 Å². The fourth-order valence-corrected chi connectivity index (χ4v) is 5.83. The van der Waals surface area contributed by atoms with E-state index in [0.29, 0.717) is 23.6 Å². The van der Waals surface area contributed by atoms with Crippen LogP contribution >= 0.6 is 34.4 Å². The van der Waals surface area contributed by atoms with Crippen LogP contribution in [0.3, 0.4) is 0 Å². The van der Waals surface area contributed by atoms with Gasteiger partial charge in [-0.3, -0.25) is 13.9 Å². The average molecular weight is 493 g/mol. The third-order valence-electron chi connectivity index (χ3n) is 5.01. The van der Waals surface area contributed by atoms with E-state index in [-0.39, 0.29) is 17.8 Å². The van der Waals surface area contributed by atoms with Crippen molar-refractivity contribution in [2.24, 2.45) is 0 Å².